The summed E-state index contributed by atoms with van der Waals surface area (Å²) in [6.45, 7) is 0. The Morgan fingerprint density at radius 2 is 2.06 bits per heavy atom. The number of aromatic nitrogens is 3. The van der Waals surface area contributed by atoms with E-state index in [9.17, 15) is 4.39 Å². The van der Waals surface area contributed by atoms with Gasteiger partial charge in [-0.2, -0.15) is 5.10 Å². The third-order valence-electron chi connectivity index (χ3n) is 2.49. The molecule has 0 saturated carbocycles. The smallest absolute Gasteiger partial charge is 0.147 e. The van der Waals surface area contributed by atoms with E-state index in [2.05, 4.69) is 15.2 Å². The maximum Gasteiger partial charge on any atom is 0.147 e. The lowest BCUT2D eigenvalue weighted by Gasteiger charge is -1.90. The Hall–Kier alpha value is -2.30. The van der Waals surface area contributed by atoms with Gasteiger partial charge in [-0.3, -0.25) is 5.10 Å². The third-order valence-corrected chi connectivity index (χ3v) is 2.49. The van der Waals surface area contributed by atoms with Gasteiger partial charge in [0.05, 0.1) is 16.9 Å². The van der Waals surface area contributed by atoms with Gasteiger partial charge in [-0.25, -0.2) is 4.39 Å². The van der Waals surface area contributed by atoms with E-state index in [0.29, 0.717) is 11.3 Å². The summed E-state index contributed by atoms with van der Waals surface area (Å²) in [6.07, 6.45) is 0. The lowest BCUT2D eigenvalue weighted by Crippen LogP contribution is -1.81. The Bertz CT molecular complexity index is 653. The van der Waals surface area contributed by atoms with Crippen LogP contribution in [0.3, 0.4) is 0 Å². The molecule has 2 heterocycles. The monoisotopic (exact) mass is 216 g/mol. The zero-order valence-electron chi connectivity index (χ0n) is 8.29. The predicted octanol–water partition coefficient (Wildman–Crippen LogP) is 2.28. The molecule has 0 spiro atoms. The Labute approximate surface area is 90.3 Å². The molecular formula is C11H9FN4. The molecule has 4 N–H and O–H groups in total. The number of nitrogen functional groups attached to an aromatic ring is 1. The predicted molar refractivity (Wildman–Crippen MR) is 60.3 cm³/mol. The second kappa shape index (κ2) is 3.10. The minimum Gasteiger partial charge on any atom is -0.382 e. The maximum absolute atomic E-state index is 13.4. The second-order valence-corrected chi connectivity index (χ2v) is 3.59. The first-order valence-corrected chi connectivity index (χ1v) is 4.82. The average molecular weight is 216 g/mol. The molecule has 0 atom stereocenters. The Morgan fingerprint density at radius 1 is 1.19 bits per heavy atom. The highest BCUT2D eigenvalue weighted by Gasteiger charge is 2.08. The van der Waals surface area contributed by atoms with Gasteiger partial charge in [-0.15, -0.1) is 0 Å². The van der Waals surface area contributed by atoms with Crippen molar-refractivity contribution in [3.8, 4) is 11.4 Å². The number of aromatic amines is 2. The summed E-state index contributed by atoms with van der Waals surface area (Å²) in [7, 11) is 0. The SMILES string of the molecule is Nc1cc(-c2cc3cccc(F)c3[nH]2)[nH]n1. The van der Waals surface area contributed by atoms with E-state index in [1.165, 1.54) is 6.07 Å². The summed E-state index contributed by atoms with van der Waals surface area (Å²) in [6, 6.07) is 8.49. The van der Waals surface area contributed by atoms with Crippen molar-refractivity contribution >= 4 is 16.7 Å². The van der Waals surface area contributed by atoms with Crippen LogP contribution in [0.2, 0.25) is 0 Å². The normalized spacial score (nSPS) is 11.1. The van der Waals surface area contributed by atoms with Gasteiger partial charge in [0.2, 0.25) is 0 Å². The van der Waals surface area contributed by atoms with Gasteiger partial charge in [-0.05, 0) is 12.1 Å². The Morgan fingerprint density at radius 3 is 2.75 bits per heavy atom. The summed E-state index contributed by atoms with van der Waals surface area (Å²) in [5.74, 6) is 0.144. The van der Waals surface area contributed by atoms with Crippen molar-refractivity contribution in [2.24, 2.45) is 0 Å². The van der Waals surface area contributed by atoms with Crippen LogP contribution in [0, 0.1) is 5.82 Å². The molecule has 2 aromatic heterocycles. The van der Waals surface area contributed by atoms with Gasteiger partial charge in [0.1, 0.15) is 11.6 Å². The second-order valence-electron chi connectivity index (χ2n) is 3.59. The van der Waals surface area contributed by atoms with Gasteiger partial charge in [0.15, 0.2) is 0 Å². The third kappa shape index (κ3) is 1.25. The molecule has 5 heteroatoms. The fourth-order valence-corrected chi connectivity index (χ4v) is 1.74. The number of fused-ring (bicyclic) bond motifs is 1. The Kier molecular flexibility index (Phi) is 1.73. The summed E-state index contributed by atoms with van der Waals surface area (Å²) in [4.78, 5) is 2.99. The zero-order valence-corrected chi connectivity index (χ0v) is 8.29. The highest BCUT2D eigenvalue weighted by atomic mass is 19.1. The zero-order chi connectivity index (χ0) is 11.1. The highest BCUT2D eigenvalue weighted by Crippen LogP contribution is 2.24. The van der Waals surface area contributed by atoms with Crippen LogP contribution in [0.25, 0.3) is 22.3 Å². The standard InChI is InChI=1S/C11H9FN4/c12-7-3-1-2-6-4-8(14-11(6)7)9-5-10(13)16-15-9/h1-5,14H,(H3,13,15,16). The molecule has 0 aliphatic rings. The summed E-state index contributed by atoms with van der Waals surface area (Å²) in [5, 5.41) is 7.42. The molecule has 80 valence electrons. The molecule has 0 radical (unpaired) electrons. The van der Waals surface area contributed by atoms with E-state index < -0.39 is 0 Å². The molecule has 0 saturated heterocycles. The fourth-order valence-electron chi connectivity index (χ4n) is 1.74. The van der Waals surface area contributed by atoms with E-state index in [-0.39, 0.29) is 5.82 Å². The molecule has 0 bridgehead atoms. The first-order valence-electron chi connectivity index (χ1n) is 4.82. The van der Waals surface area contributed by atoms with Crippen LogP contribution in [-0.2, 0) is 0 Å². The summed E-state index contributed by atoms with van der Waals surface area (Å²) < 4.78 is 13.4. The fraction of sp³-hybridized carbons (Fsp3) is 0. The van der Waals surface area contributed by atoms with Gasteiger partial charge >= 0.3 is 0 Å². The van der Waals surface area contributed by atoms with Crippen LogP contribution < -0.4 is 5.73 Å². The van der Waals surface area contributed by atoms with Gasteiger partial charge in [0, 0.05) is 11.5 Å². The molecular weight excluding hydrogens is 207 g/mol. The maximum atomic E-state index is 13.4. The number of halogens is 1. The number of para-hydroxylation sites is 1. The number of benzene rings is 1. The van der Waals surface area contributed by atoms with Crippen molar-refractivity contribution in [2.75, 3.05) is 5.73 Å². The Balaban J connectivity index is 2.22. The topological polar surface area (TPSA) is 70.5 Å². The lowest BCUT2D eigenvalue weighted by atomic mass is 10.2. The van der Waals surface area contributed by atoms with Crippen LogP contribution in [0.5, 0.6) is 0 Å². The minimum absolute atomic E-state index is 0.267. The van der Waals surface area contributed by atoms with Crippen molar-refractivity contribution < 1.29 is 4.39 Å². The van der Waals surface area contributed by atoms with Gasteiger partial charge < -0.3 is 10.7 Å². The number of rotatable bonds is 1. The van der Waals surface area contributed by atoms with E-state index in [4.69, 9.17) is 5.73 Å². The van der Waals surface area contributed by atoms with Crippen LogP contribution >= 0.6 is 0 Å². The average Bonchev–Trinajstić information content (AvgIpc) is 2.84. The largest absolute Gasteiger partial charge is 0.382 e. The van der Waals surface area contributed by atoms with E-state index >= 15 is 0 Å². The van der Waals surface area contributed by atoms with E-state index in [1.54, 1.807) is 12.1 Å². The number of hydrogen-bond acceptors (Lipinski definition) is 2. The van der Waals surface area contributed by atoms with Crippen molar-refractivity contribution in [2.45, 2.75) is 0 Å². The first kappa shape index (κ1) is 8.96. The molecule has 3 rings (SSSR count). The highest BCUT2D eigenvalue weighted by molar-refractivity contribution is 5.85. The molecule has 3 aromatic rings. The molecule has 0 fully saturated rings. The number of nitrogens with two attached hydrogens (primary N) is 1. The van der Waals surface area contributed by atoms with Crippen LogP contribution in [0.15, 0.2) is 30.3 Å². The van der Waals surface area contributed by atoms with Gasteiger partial charge in [-0.1, -0.05) is 12.1 Å². The van der Waals surface area contributed by atoms with Crippen molar-refractivity contribution in [1.29, 1.82) is 0 Å². The molecule has 0 unspecified atom stereocenters. The van der Waals surface area contributed by atoms with E-state index in [1.807, 2.05) is 12.1 Å². The molecule has 0 aliphatic heterocycles. The number of hydrogen-bond donors (Lipinski definition) is 3. The summed E-state index contributed by atoms with van der Waals surface area (Å²) in [5.41, 5.74) is 7.51. The quantitative estimate of drug-likeness (QED) is 0.584. The molecule has 4 nitrogen and oxygen atoms in total. The van der Waals surface area contributed by atoms with Crippen molar-refractivity contribution in [3.05, 3.63) is 36.1 Å². The van der Waals surface area contributed by atoms with Crippen LogP contribution in [0.4, 0.5) is 10.2 Å². The van der Waals surface area contributed by atoms with Crippen molar-refractivity contribution in [3.63, 3.8) is 0 Å². The van der Waals surface area contributed by atoms with Crippen LogP contribution in [-0.4, -0.2) is 15.2 Å². The van der Waals surface area contributed by atoms with Crippen molar-refractivity contribution in [1.82, 2.24) is 15.2 Å². The van der Waals surface area contributed by atoms with Gasteiger partial charge in [0.25, 0.3) is 0 Å². The molecule has 0 amide bonds. The number of nitrogens with zero attached hydrogens (tertiary/aromatic N) is 1. The first-order chi connectivity index (χ1) is 7.74. The number of H-pyrrole nitrogens is 2. The molecule has 16 heavy (non-hydrogen) atoms. The summed E-state index contributed by atoms with van der Waals surface area (Å²) >= 11 is 0. The number of nitrogens with one attached hydrogen (secondary N) is 2. The molecule has 0 aliphatic carbocycles. The minimum atomic E-state index is -0.267. The lowest BCUT2D eigenvalue weighted by molar-refractivity contribution is 0.637. The molecule has 1 aromatic carbocycles. The van der Waals surface area contributed by atoms with E-state index in [0.717, 1.165) is 16.8 Å². The number of anilines is 1. The van der Waals surface area contributed by atoms with Crippen LogP contribution in [0.1, 0.15) is 0 Å².